The summed E-state index contributed by atoms with van der Waals surface area (Å²) in [6, 6.07) is 0. The number of hydrogen-bond acceptors (Lipinski definition) is 3. The van der Waals surface area contributed by atoms with E-state index in [4.69, 9.17) is 9.47 Å². The second-order valence-electron chi connectivity index (χ2n) is 10.1. The number of aliphatic hydroxyl groups is 1. The van der Waals surface area contributed by atoms with Gasteiger partial charge in [-0.2, -0.15) is 0 Å². The fraction of sp³-hybridized carbons (Fsp3) is 1.00. The monoisotopic (exact) mass is 334 g/mol. The smallest absolute Gasteiger partial charge is 0.168 e. The molecule has 7 atom stereocenters. The molecule has 0 aromatic carbocycles. The number of rotatable bonds is 0. The second-order valence-corrected chi connectivity index (χ2v) is 10.1. The van der Waals surface area contributed by atoms with E-state index in [1.54, 1.807) is 0 Å². The maximum Gasteiger partial charge on any atom is 0.168 e. The van der Waals surface area contributed by atoms with Gasteiger partial charge >= 0.3 is 0 Å². The highest BCUT2D eigenvalue weighted by molar-refractivity contribution is 5.10. The Morgan fingerprint density at radius 1 is 0.792 bits per heavy atom. The van der Waals surface area contributed by atoms with Crippen molar-refractivity contribution >= 4 is 0 Å². The third kappa shape index (κ3) is 2.01. The predicted molar refractivity (Wildman–Crippen MR) is 92.4 cm³/mol. The van der Waals surface area contributed by atoms with Crippen molar-refractivity contribution in [3.63, 3.8) is 0 Å². The molecule has 24 heavy (non-hydrogen) atoms. The molecule has 1 aliphatic heterocycles. The first-order valence-corrected chi connectivity index (χ1v) is 10.4. The molecular formula is C21H34O3. The maximum atomic E-state index is 10.6. The number of fused-ring (bicyclic) bond motifs is 5. The van der Waals surface area contributed by atoms with E-state index in [-0.39, 0.29) is 17.3 Å². The van der Waals surface area contributed by atoms with Crippen LogP contribution < -0.4 is 0 Å². The van der Waals surface area contributed by atoms with Crippen molar-refractivity contribution in [1.82, 2.24) is 0 Å². The molecule has 5 rings (SSSR count). The molecule has 0 aromatic rings. The topological polar surface area (TPSA) is 38.7 Å². The number of aliphatic hydroxyl groups excluding tert-OH is 1. The van der Waals surface area contributed by atoms with Crippen molar-refractivity contribution in [3.8, 4) is 0 Å². The standard InChI is InChI=1S/C21H34O3/c1-19-9-10-21(23-11-12-24-21)13-14(19)3-4-15-16-5-6-18(22)20(16,2)8-7-17(15)19/h14-18,22H,3-13H2,1-2H3/t14-,15+,16+,17+,18-,19-,20-/m0/s1. The zero-order valence-corrected chi connectivity index (χ0v) is 15.4. The Labute approximate surface area is 146 Å². The minimum atomic E-state index is -0.232. The van der Waals surface area contributed by atoms with Crippen LogP contribution in [0, 0.1) is 34.5 Å². The zero-order valence-electron chi connectivity index (χ0n) is 15.4. The Kier molecular flexibility index (Phi) is 3.49. The van der Waals surface area contributed by atoms with Crippen LogP contribution in [-0.2, 0) is 9.47 Å². The largest absolute Gasteiger partial charge is 0.393 e. The molecule has 0 radical (unpaired) electrons. The minimum absolute atomic E-state index is 0.0520. The lowest BCUT2D eigenvalue weighted by Crippen LogP contribution is -2.56. The number of hydrogen-bond donors (Lipinski definition) is 1. The normalized spacial score (nSPS) is 55.9. The highest BCUT2D eigenvalue weighted by Crippen LogP contribution is 2.67. The molecule has 0 aromatic heterocycles. The molecule has 1 N–H and O–H groups in total. The van der Waals surface area contributed by atoms with Crippen molar-refractivity contribution in [3.05, 3.63) is 0 Å². The Balaban J connectivity index is 1.41. The summed E-state index contributed by atoms with van der Waals surface area (Å²) in [5.41, 5.74) is 0.677. The van der Waals surface area contributed by atoms with E-state index in [1.807, 2.05) is 0 Å². The molecule has 5 aliphatic rings. The Morgan fingerprint density at radius 3 is 2.33 bits per heavy atom. The average Bonchev–Trinajstić information content (AvgIpc) is 3.14. The molecular weight excluding hydrogens is 300 g/mol. The van der Waals surface area contributed by atoms with Gasteiger partial charge < -0.3 is 14.6 Å². The predicted octanol–water partition coefficient (Wildman–Crippen LogP) is 4.13. The van der Waals surface area contributed by atoms with Crippen LogP contribution in [0.3, 0.4) is 0 Å². The summed E-state index contributed by atoms with van der Waals surface area (Å²) in [7, 11) is 0. The van der Waals surface area contributed by atoms with Gasteiger partial charge in [-0.15, -0.1) is 0 Å². The van der Waals surface area contributed by atoms with E-state index in [1.165, 1.54) is 38.5 Å². The van der Waals surface area contributed by atoms with Gasteiger partial charge in [-0.3, -0.25) is 0 Å². The lowest BCUT2D eigenvalue weighted by Gasteiger charge is -2.61. The highest BCUT2D eigenvalue weighted by Gasteiger charge is 2.61. The van der Waals surface area contributed by atoms with Crippen LogP contribution in [-0.4, -0.2) is 30.2 Å². The molecule has 1 spiro atoms. The summed E-state index contributed by atoms with van der Waals surface area (Å²) in [4.78, 5) is 0. The van der Waals surface area contributed by atoms with Gasteiger partial charge in [0.2, 0.25) is 0 Å². The first kappa shape index (κ1) is 16.1. The summed E-state index contributed by atoms with van der Waals surface area (Å²) < 4.78 is 12.1. The van der Waals surface area contributed by atoms with Gasteiger partial charge in [0.25, 0.3) is 0 Å². The molecule has 136 valence electrons. The van der Waals surface area contributed by atoms with Crippen molar-refractivity contribution in [2.45, 2.75) is 83.5 Å². The summed E-state index contributed by atoms with van der Waals surface area (Å²) in [6.45, 7) is 6.54. The van der Waals surface area contributed by atoms with E-state index in [2.05, 4.69) is 13.8 Å². The van der Waals surface area contributed by atoms with Gasteiger partial charge in [0.05, 0.1) is 19.3 Å². The summed E-state index contributed by atoms with van der Waals surface area (Å²) in [5.74, 6) is 3.00. The molecule has 0 bridgehead atoms. The zero-order chi connectivity index (χ0) is 16.6. The quantitative estimate of drug-likeness (QED) is 0.724. The van der Waals surface area contributed by atoms with E-state index in [0.717, 1.165) is 56.1 Å². The van der Waals surface area contributed by atoms with Crippen molar-refractivity contribution in [2.24, 2.45) is 34.5 Å². The van der Waals surface area contributed by atoms with E-state index in [0.29, 0.717) is 5.41 Å². The molecule has 4 saturated carbocycles. The molecule has 1 saturated heterocycles. The molecule has 5 fully saturated rings. The Bertz CT molecular complexity index is 513. The van der Waals surface area contributed by atoms with Crippen molar-refractivity contribution < 1.29 is 14.6 Å². The third-order valence-corrected chi connectivity index (χ3v) is 9.43. The van der Waals surface area contributed by atoms with Gasteiger partial charge in [-0.1, -0.05) is 13.8 Å². The van der Waals surface area contributed by atoms with E-state index < -0.39 is 0 Å². The second kappa shape index (κ2) is 5.20. The fourth-order valence-electron chi connectivity index (χ4n) is 7.93. The molecule has 3 nitrogen and oxygen atoms in total. The van der Waals surface area contributed by atoms with Gasteiger partial charge in [-0.05, 0) is 79.4 Å². The maximum absolute atomic E-state index is 10.6. The fourth-order valence-corrected chi connectivity index (χ4v) is 7.93. The van der Waals surface area contributed by atoms with Crippen molar-refractivity contribution in [2.75, 3.05) is 13.2 Å². The van der Waals surface area contributed by atoms with E-state index >= 15 is 0 Å². The van der Waals surface area contributed by atoms with Gasteiger partial charge in [-0.25, -0.2) is 0 Å². The van der Waals surface area contributed by atoms with Crippen LogP contribution in [0.25, 0.3) is 0 Å². The summed E-state index contributed by atoms with van der Waals surface area (Å²) in [5, 5.41) is 10.6. The Hall–Kier alpha value is -0.120. The minimum Gasteiger partial charge on any atom is -0.393 e. The van der Waals surface area contributed by atoms with E-state index in [9.17, 15) is 5.11 Å². The number of ether oxygens (including phenoxy) is 2. The molecule has 0 amide bonds. The summed E-state index contributed by atoms with van der Waals surface area (Å²) in [6.07, 6.45) is 11.0. The van der Waals surface area contributed by atoms with Crippen LogP contribution in [0.2, 0.25) is 0 Å². The first-order valence-electron chi connectivity index (χ1n) is 10.4. The Morgan fingerprint density at radius 2 is 1.54 bits per heavy atom. The molecule has 4 aliphatic carbocycles. The van der Waals surface area contributed by atoms with Gasteiger partial charge in [0.1, 0.15) is 0 Å². The van der Waals surface area contributed by atoms with Crippen LogP contribution in [0.5, 0.6) is 0 Å². The lowest BCUT2D eigenvalue weighted by atomic mass is 9.45. The van der Waals surface area contributed by atoms with Crippen LogP contribution in [0.4, 0.5) is 0 Å². The lowest BCUT2D eigenvalue weighted by molar-refractivity contribution is -0.230. The first-order chi connectivity index (χ1) is 11.5. The molecule has 1 heterocycles. The SMILES string of the molecule is C[C@]12CCC3(C[C@@H]1CC[C@H]1[C@H]2CC[C@@]2(C)[C@@H]1CC[C@@H]2O)OCCO3. The highest BCUT2D eigenvalue weighted by atomic mass is 16.7. The molecule has 0 unspecified atom stereocenters. The van der Waals surface area contributed by atoms with Crippen LogP contribution in [0.15, 0.2) is 0 Å². The van der Waals surface area contributed by atoms with Crippen LogP contribution in [0.1, 0.15) is 71.6 Å². The molecule has 3 heteroatoms. The average molecular weight is 335 g/mol. The van der Waals surface area contributed by atoms with Crippen LogP contribution >= 0.6 is 0 Å². The van der Waals surface area contributed by atoms with Gasteiger partial charge in [0, 0.05) is 12.8 Å². The third-order valence-electron chi connectivity index (χ3n) is 9.43. The van der Waals surface area contributed by atoms with Gasteiger partial charge in [0.15, 0.2) is 5.79 Å². The summed E-state index contributed by atoms with van der Waals surface area (Å²) >= 11 is 0. The van der Waals surface area contributed by atoms with Crippen molar-refractivity contribution in [1.29, 1.82) is 0 Å².